The van der Waals surface area contributed by atoms with Gasteiger partial charge in [0, 0.05) is 54.1 Å². The monoisotopic (exact) mass is 672 g/mol. The minimum absolute atomic E-state index is 0. The van der Waals surface area contributed by atoms with E-state index in [1.54, 1.807) is 24.8 Å². The summed E-state index contributed by atoms with van der Waals surface area (Å²) in [6.07, 6.45) is 6.48. The van der Waals surface area contributed by atoms with Gasteiger partial charge in [0.1, 0.15) is 0 Å². The second-order valence-corrected chi connectivity index (χ2v) is 11.7. The quantitative estimate of drug-likeness (QED) is 0.164. The van der Waals surface area contributed by atoms with Gasteiger partial charge in [0.05, 0.1) is 0 Å². The minimum atomic E-state index is -0.332. The smallest absolute Gasteiger partial charge is 0.221 e. The molecule has 10 heteroatoms. The summed E-state index contributed by atoms with van der Waals surface area (Å²) in [5, 5.41) is 6.62. The molecule has 0 saturated carbocycles. The molecule has 1 unspecified atom stereocenters. The number of fused-ring (bicyclic) bond motifs is 1. The van der Waals surface area contributed by atoms with Crippen molar-refractivity contribution < 1.29 is 4.74 Å². The predicted octanol–water partition coefficient (Wildman–Crippen LogP) is 9.71. The number of para-hydroxylation sites is 2. The first-order valence-corrected chi connectivity index (χ1v) is 16.0. The number of ether oxygens (including phenoxy) is 1. The van der Waals surface area contributed by atoms with E-state index in [9.17, 15) is 0 Å². The van der Waals surface area contributed by atoms with Crippen molar-refractivity contribution in [1.29, 1.82) is 0 Å². The molecule has 7 rings (SSSR count). The van der Waals surface area contributed by atoms with Crippen molar-refractivity contribution in [2.75, 3.05) is 27.0 Å². The van der Waals surface area contributed by atoms with E-state index in [0.29, 0.717) is 18.2 Å². The number of nitrogens with zero attached hydrogens (tertiary/aromatic N) is 6. The fourth-order valence-electron chi connectivity index (χ4n) is 5.83. The first-order chi connectivity index (χ1) is 23.4. The average Bonchev–Trinajstić information content (AvgIpc) is 3.40. The van der Waals surface area contributed by atoms with Crippen LogP contribution in [0.15, 0.2) is 122 Å². The number of rotatable bonds is 8. The Kier molecular flexibility index (Phi) is 11.4. The molecule has 4 aromatic carbocycles. The molecule has 0 bridgehead atoms. The maximum absolute atomic E-state index is 6.17. The van der Waals surface area contributed by atoms with Crippen LogP contribution in [0.1, 0.15) is 29.2 Å². The highest BCUT2D eigenvalue weighted by atomic mass is 35.5. The molecular formula is C39H41ClN8O. The van der Waals surface area contributed by atoms with Gasteiger partial charge in [-0.15, -0.1) is 12.4 Å². The van der Waals surface area contributed by atoms with Crippen LogP contribution in [-0.2, 0) is 4.74 Å². The Labute approximate surface area is 294 Å². The third-order valence-electron chi connectivity index (χ3n) is 7.61. The first kappa shape index (κ1) is 34.8. The normalized spacial score (nSPS) is 13.1. The third-order valence-corrected chi connectivity index (χ3v) is 7.61. The number of aromatic nitrogens is 4. The molecule has 0 amide bonds. The molecule has 9 nitrogen and oxygen atoms in total. The minimum Gasteiger partial charge on any atom is -0.340 e. The molecular weight excluding hydrogens is 632 g/mol. The van der Waals surface area contributed by atoms with Crippen molar-refractivity contribution in [3.8, 4) is 0 Å². The van der Waals surface area contributed by atoms with Crippen LogP contribution in [0.5, 0.6) is 0 Å². The van der Waals surface area contributed by atoms with E-state index in [1.165, 1.54) is 22.3 Å². The Morgan fingerprint density at radius 2 is 1.00 bits per heavy atom. The van der Waals surface area contributed by atoms with Crippen LogP contribution in [-0.4, -0.2) is 32.9 Å². The molecule has 0 radical (unpaired) electrons. The summed E-state index contributed by atoms with van der Waals surface area (Å²) in [4.78, 5) is 22.2. The van der Waals surface area contributed by atoms with E-state index in [2.05, 4.69) is 117 Å². The maximum Gasteiger partial charge on any atom is 0.221 e. The van der Waals surface area contributed by atoms with Crippen molar-refractivity contribution in [3.63, 3.8) is 0 Å². The van der Waals surface area contributed by atoms with E-state index in [4.69, 9.17) is 4.74 Å². The summed E-state index contributed by atoms with van der Waals surface area (Å²) in [7, 11) is 0. The summed E-state index contributed by atoms with van der Waals surface area (Å²) in [6.45, 7) is 11.0. The van der Waals surface area contributed by atoms with E-state index < -0.39 is 0 Å². The van der Waals surface area contributed by atoms with Gasteiger partial charge in [0.15, 0.2) is 23.3 Å². The van der Waals surface area contributed by atoms with Crippen LogP contribution in [0, 0.1) is 27.7 Å². The largest absolute Gasteiger partial charge is 0.340 e. The van der Waals surface area contributed by atoms with Gasteiger partial charge >= 0.3 is 0 Å². The van der Waals surface area contributed by atoms with Crippen molar-refractivity contribution in [3.05, 3.63) is 144 Å². The van der Waals surface area contributed by atoms with Crippen LogP contribution in [0.25, 0.3) is 0 Å². The van der Waals surface area contributed by atoms with E-state index >= 15 is 0 Å². The van der Waals surface area contributed by atoms with Crippen LogP contribution in [0.2, 0.25) is 0 Å². The van der Waals surface area contributed by atoms with Crippen molar-refractivity contribution in [2.45, 2.75) is 41.0 Å². The highest BCUT2D eigenvalue weighted by Gasteiger charge is 2.40. The lowest BCUT2D eigenvalue weighted by molar-refractivity contribution is 0.0767. The maximum atomic E-state index is 6.17. The Morgan fingerprint density at radius 1 is 0.551 bits per heavy atom. The summed E-state index contributed by atoms with van der Waals surface area (Å²) in [6, 6.07) is 32.9. The molecule has 3 heterocycles. The van der Waals surface area contributed by atoms with E-state index in [0.717, 1.165) is 34.4 Å². The summed E-state index contributed by atoms with van der Waals surface area (Å²) >= 11 is 0. The molecule has 0 spiro atoms. The van der Waals surface area contributed by atoms with Gasteiger partial charge in [0.2, 0.25) is 6.35 Å². The SMILES string of the molecule is CCOC1N(c2ccccc2)c2nccnc2N1c1cc(C)cc(C)c1.Cc1cc(C)cc(Nc2nccnc2Nc2ccccc2)c1.Cl. The Morgan fingerprint density at radius 3 is 1.53 bits per heavy atom. The van der Waals surface area contributed by atoms with E-state index in [1.807, 2.05) is 55.5 Å². The van der Waals surface area contributed by atoms with Crippen molar-refractivity contribution in [2.24, 2.45) is 0 Å². The topological polar surface area (TPSA) is 91.3 Å². The number of aryl methyl sites for hydroxylation is 4. The zero-order valence-corrected chi connectivity index (χ0v) is 29.1. The second kappa shape index (κ2) is 16.1. The van der Waals surface area contributed by atoms with Gasteiger partial charge < -0.3 is 15.4 Å². The first-order valence-electron chi connectivity index (χ1n) is 16.0. The zero-order valence-electron chi connectivity index (χ0n) is 28.3. The molecule has 49 heavy (non-hydrogen) atoms. The van der Waals surface area contributed by atoms with Gasteiger partial charge in [-0.1, -0.05) is 48.5 Å². The van der Waals surface area contributed by atoms with Crippen LogP contribution in [0.3, 0.4) is 0 Å². The molecule has 1 aliphatic rings. The fourth-order valence-corrected chi connectivity index (χ4v) is 5.83. The zero-order chi connectivity index (χ0) is 33.5. The van der Waals surface area contributed by atoms with Crippen LogP contribution < -0.4 is 20.4 Å². The number of halogens is 1. The molecule has 2 aromatic heterocycles. The molecule has 2 N–H and O–H groups in total. The highest BCUT2D eigenvalue weighted by molar-refractivity contribution is 5.85. The summed E-state index contributed by atoms with van der Waals surface area (Å²) in [5.41, 5.74) is 8.91. The van der Waals surface area contributed by atoms with Gasteiger partial charge in [-0.05, 0) is 105 Å². The van der Waals surface area contributed by atoms with Crippen LogP contribution in [0.4, 0.5) is 46.0 Å². The average molecular weight is 673 g/mol. The molecule has 1 atom stereocenters. The number of hydrogen-bond acceptors (Lipinski definition) is 9. The number of anilines is 8. The second-order valence-electron chi connectivity index (χ2n) is 11.7. The van der Waals surface area contributed by atoms with Gasteiger partial charge in [-0.25, -0.2) is 19.9 Å². The Bertz CT molecular complexity index is 1940. The molecule has 250 valence electrons. The fraction of sp³-hybridized carbons (Fsp3) is 0.179. The number of hydrogen-bond donors (Lipinski definition) is 2. The third kappa shape index (κ3) is 8.32. The lowest BCUT2D eigenvalue weighted by Crippen LogP contribution is -2.41. The van der Waals surface area contributed by atoms with Crippen LogP contribution >= 0.6 is 12.4 Å². The predicted molar refractivity (Wildman–Crippen MR) is 202 cm³/mol. The Balaban J connectivity index is 0.000000190. The number of nitrogens with one attached hydrogen (secondary N) is 2. The number of benzene rings is 4. The molecule has 0 fully saturated rings. The summed E-state index contributed by atoms with van der Waals surface area (Å²) in [5.74, 6) is 3.01. The van der Waals surface area contributed by atoms with Gasteiger partial charge in [-0.2, -0.15) is 0 Å². The lowest BCUT2D eigenvalue weighted by atomic mass is 10.1. The van der Waals surface area contributed by atoms with Gasteiger partial charge in [-0.3, -0.25) is 9.80 Å². The highest BCUT2D eigenvalue weighted by Crippen LogP contribution is 2.45. The van der Waals surface area contributed by atoms with Crippen molar-refractivity contribution >= 4 is 58.4 Å². The van der Waals surface area contributed by atoms with Gasteiger partial charge in [0.25, 0.3) is 0 Å². The van der Waals surface area contributed by atoms with E-state index in [-0.39, 0.29) is 18.8 Å². The molecule has 0 aliphatic carbocycles. The van der Waals surface area contributed by atoms with Crippen molar-refractivity contribution in [1.82, 2.24) is 19.9 Å². The molecule has 6 aromatic rings. The standard InChI is InChI=1S/C21H22N4O.C18H18N4.ClH/c1-4-26-21-24(17-8-6-5-7-9-17)19-20(23-11-10-22-19)25(21)18-13-15(2)12-16(3)14-18;1-13-10-14(2)12-16(11-13)22-18-17(19-8-9-20-18)21-15-6-4-3-5-7-15;/h5-14,21H,4H2,1-3H3;3-12H,1-2H3,(H,19,21)(H,20,22);1H. The Hall–Kier alpha value is -5.51. The lowest BCUT2D eigenvalue weighted by Gasteiger charge is -2.31. The summed E-state index contributed by atoms with van der Waals surface area (Å²) < 4.78 is 6.17. The molecule has 1 aliphatic heterocycles. The molecule has 0 saturated heterocycles.